The molecule has 152 valence electrons. The number of amides is 4. The van der Waals surface area contributed by atoms with E-state index >= 15 is 0 Å². The van der Waals surface area contributed by atoms with E-state index in [0.717, 1.165) is 5.56 Å². The number of imide groups is 1. The molecule has 0 spiro atoms. The highest BCUT2D eigenvalue weighted by atomic mass is 16.2. The predicted octanol–water partition coefficient (Wildman–Crippen LogP) is 4.38. The Balaban J connectivity index is 1.77. The smallest absolute Gasteiger partial charge is 0.318 e. The van der Waals surface area contributed by atoms with E-state index in [1.54, 1.807) is 23.1 Å². The van der Waals surface area contributed by atoms with Crippen LogP contribution in [0.25, 0.3) is 0 Å². The number of hydrogen-bond acceptors (Lipinski definition) is 3. The largest absolute Gasteiger partial charge is 0.322 e. The molecule has 0 fully saturated rings. The van der Waals surface area contributed by atoms with Crippen LogP contribution in [0.5, 0.6) is 0 Å². The van der Waals surface area contributed by atoms with Crippen molar-refractivity contribution < 1.29 is 14.4 Å². The number of rotatable bonds is 6. The number of nitrogens with zero attached hydrogens (tertiary/aromatic N) is 2. The summed E-state index contributed by atoms with van der Waals surface area (Å²) in [4.78, 5) is 41.0. The molecule has 0 aromatic heterocycles. The number of carbonyl (C=O) groups excluding carboxylic acids is 3. The fourth-order valence-electron chi connectivity index (χ4n) is 3.36. The van der Waals surface area contributed by atoms with E-state index in [0.29, 0.717) is 29.9 Å². The zero-order valence-electron chi connectivity index (χ0n) is 17.3. The highest BCUT2D eigenvalue weighted by Crippen LogP contribution is 2.27. The number of fused-ring (bicyclic) bond motifs is 1. The molecule has 2 aromatic rings. The summed E-state index contributed by atoms with van der Waals surface area (Å²) in [5, 5.41) is 2.87. The van der Waals surface area contributed by atoms with Crippen molar-refractivity contribution in [2.45, 2.75) is 40.3 Å². The molecule has 1 heterocycles. The summed E-state index contributed by atoms with van der Waals surface area (Å²) in [6, 6.07) is 14.4. The zero-order valence-corrected chi connectivity index (χ0v) is 17.3. The van der Waals surface area contributed by atoms with Crippen molar-refractivity contribution >= 4 is 23.5 Å². The minimum atomic E-state index is -0.306. The second-order valence-corrected chi connectivity index (χ2v) is 8.01. The van der Waals surface area contributed by atoms with Crippen LogP contribution in [0.15, 0.2) is 48.5 Å². The van der Waals surface area contributed by atoms with Gasteiger partial charge >= 0.3 is 6.03 Å². The first kappa shape index (κ1) is 20.6. The minimum Gasteiger partial charge on any atom is -0.318 e. The van der Waals surface area contributed by atoms with Crippen LogP contribution in [0.3, 0.4) is 0 Å². The summed E-state index contributed by atoms with van der Waals surface area (Å²) >= 11 is 0. The second-order valence-electron chi connectivity index (χ2n) is 8.01. The highest BCUT2D eigenvalue weighted by molar-refractivity contribution is 6.21. The molecule has 0 unspecified atom stereocenters. The van der Waals surface area contributed by atoms with Gasteiger partial charge in [0.1, 0.15) is 0 Å². The molecule has 2 aromatic carbocycles. The third kappa shape index (κ3) is 4.47. The zero-order chi connectivity index (χ0) is 21.1. The average molecular weight is 393 g/mol. The van der Waals surface area contributed by atoms with Crippen LogP contribution in [0.1, 0.15) is 54.0 Å². The fraction of sp³-hybridized carbons (Fsp3) is 0.348. The van der Waals surface area contributed by atoms with Gasteiger partial charge in [0, 0.05) is 24.8 Å². The molecular formula is C23H27N3O3. The van der Waals surface area contributed by atoms with Crippen molar-refractivity contribution in [3.8, 4) is 0 Å². The van der Waals surface area contributed by atoms with Gasteiger partial charge in [0.2, 0.25) is 0 Å². The Morgan fingerprint density at radius 2 is 1.62 bits per heavy atom. The number of benzene rings is 2. The monoisotopic (exact) mass is 393 g/mol. The Labute approximate surface area is 171 Å². The van der Waals surface area contributed by atoms with Crippen molar-refractivity contribution in [3.05, 3.63) is 65.2 Å². The molecule has 1 aliphatic rings. The second kappa shape index (κ2) is 8.47. The molecule has 0 bridgehead atoms. The first-order chi connectivity index (χ1) is 13.8. The summed E-state index contributed by atoms with van der Waals surface area (Å²) in [7, 11) is 0. The molecule has 1 N–H and O–H groups in total. The maximum Gasteiger partial charge on any atom is 0.322 e. The lowest BCUT2D eigenvalue weighted by molar-refractivity contribution is 0.0636. The van der Waals surface area contributed by atoms with Crippen LogP contribution >= 0.6 is 0 Å². The normalized spacial score (nSPS) is 13.2. The minimum absolute atomic E-state index is 0.00521. The summed E-state index contributed by atoms with van der Waals surface area (Å²) < 4.78 is 0. The molecular weight excluding hydrogens is 366 g/mol. The van der Waals surface area contributed by atoms with Crippen molar-refractivity contribution in [1.82, 2.24) is 9.80 Å². The van der Waals surface area contributed by atoms with Gasteiger partial charge in [0.15, 0.2) is 0 Å². The predicted molar refractivity (Wildman–Crippen MR) is 113 cm³/mol. The van der Waals surface area contributed by atoms with Crippen LogP contribution in [0.4, 0.5) is 10.5 Å². The lowest BCUT2D eigenvalue weighted by Crippen LogP contribution is -2.39. The van der Waals surface area contributed by atoms with Crippen LogP contribution < -0.4 is 5.32 Å². The average Bonchev–Trinajstić information content (AvgIpc) is 2.90. The van der Waals surface area contributed by atoms with Crippen molar-refractivity contribution in [2.75, 3.05) is 11.9 Å². The Morgan fingerprint density at radius 1 is 0.966 bits per heavy atom. The van der Waals surface area contributed by atoms with Crippen LogP contribution in [0, 0.1) is 5.92 Å². The lowest BCUT2D eigenvalue weighted by atomic mass is 10.1. The van der Waals surface area contributed by atoms with E-state index in [1.165, 1.54) is 4.90 Å². The standard InChI is InChI=1S/C23H27N3O3/c1-15(2)13-26-21(27)19-11-10-18(12-20(19)22(26)28)24-23(29)25(16(3)4)14-17-8-6-5-7-9-17/h5-12,15-16H,13-14H2,1-4H3,(H,24,29). The van der Waals surface area contributed by atoms with Crippen LogP contribution in [0.2, 0.25) is 0 Å². The fourth-order valence-corrected chi connectivity index (χ4v) is 3.36. The number of hydrogen-bond donors (Lipinski definition) is 1. The van der Waals surface area contributed by atoms with Gasteiger partial charge in [-0.05, 0) is 43.5 Å². The van der Waals surface area contributed by atoms with E-state index in [2.05, 4.69) is 5.32 Å². The molecule has 0 radical (unpaired) electrons. The van der Waals surface area contributed by atoms with E-state index < -0.39 is 0 Å². The van der Waals surface area contributed by atoms with Gasteiger partial charge in [-0.15, -0.1) is 0 Å². The topological polar surface area (TPSA) is 69.7 Å². The van der Waals surface area contributed by atoms with E-state index in [9.17, 15) is 14.4 Å². The SMILES string of the molecule is CC(C)CN1C(=O)c2ccc(NC(=O)N(Cc3ccccc3)C(C)C)cc2C1=O. The van der Waals surface area contributed by atoms with Crippen LogP contribution in [-0.2, 0) is 6.54 Å². The molecule has 0 atom stereocenters. The highest BCUT2D eigenvalue weighted by Gasteiger charge is 2.36. The molecule has 6 heteroatoms. The van der Waals surface area contributed by atoms with Crippen LogP contribution in [-0.4, -0.2) is 40.2 Å². The summed E-state index contributed by atoms with van der Waals surface area (Å²) in [5.41, 5.74) is 2.27. The Morgan fingerprint density at radius 3 is 2.24 bits per heavy atom. The summed E-state index contributed by atoms with van der Waals surface area (Å²) in [5.74, 6) is -0.391. The first-order valence-electron chi connectivity index (χ1n) is 9.89. The van der Waals surface area contributed by atoms with Gasteiger partial charge in [-0.1, -0.05) is 44.2 Å². The van der Waals surface area contributed by atoms with Crippen molar-refractivity contribution in [2.24, 2.45) is 5.92 Å². The number of carbonyl (C=O) groups is 3. The molecule has 4 amide bonds. The maximum absolute atomic E-state index is 12.9. The number of urea groups is 1. The Bertz CT molecular complexity index is 922. The summed E-state index contributed by atoms with van der Waals surface area (Å²) in [6.45, 7) is 8.69. The first-order valence-corrected chi connectivity index (χ1v) is 9.89. The third-order valence-electron chi connectivity index (χ3n) is 4.85. The third-order valence-corrected chi connectivity index (χ3v) is 4.85. The quantitative estimate of drug-likeness (QED) is 0.741. The van der Waals surface area contributed by atoms with Gasteiger partial charge in [-0.25, -0.2) is 4.79 Å². The van der Waals surface area contributed by atoms with Crippen molar-refractivity contribution in [1.29, 1.82) is 0 Å². The van der Waals surface area contributed by atoms with Gasteiger partial charge in [0.25, 0.3) is 11.8 Å². The molecule has 6 nitrogen and oxygen atoms in total. The Kier molecular flexibility index (Phi) is 6.01. The van der Waals surface area contributed by atoms with E-state index in [1.807, 2.05) is 58.0 Å². The Hall–Kier alpha value is -3.15. The molecule has 1 aliphatic heterocycles. The summed E-state index contributed by atoms with van der Waals surface area (Å²) in [6.07, 6.45) is 0. The molecule has 0 saturated heterocycles. The van der Waals surface area contributed by atoms with Gasteiger partial charge in [0.05, 0.1) is 11.1 Å². The molecule has 29 heavy (non-hydrogen) atoms. The maximum atomic E-state index is 12.9. The number of anilines is 1. The molecule has 3 rings (SSSR count). The van der Waals surface area contributed by atoms with E-state index in [4.69, 9.17) is 0 Å². The van der Waals surface area contributed by atoms with Gasteiger partial charge in [-0.2, -0.15) is 0 Å². The molecule has 0 saturated carbocycles. The lowest BCUT2D eigenvalue weighted by Gasteiger charge is -2.27. The van der Waals surface area contributed by atoms with Gasteiger partial charge in [-0.3, -0.25) is 14.5 Å². The van der Waals surface area contributed by atoms with E-state index in [-0.39, 0.29) is 29.8 Å². The molecule has 0 aliphatic carbocycles. The number of nitrogens with one attached hydrogen (secondary N) is 1. The van der Waals surface area contributed by atoms with Crippen molar-refractivity contribution in [3.63, 3.8) is 0 Å². The van der Waals surface area contributed by atoms with Gasteiger partial charge < -0.3 is 10.2 Å².